The first kappa shape index (κ1) is 16.6. The van der Waals surface area contributed by atoms with Crippen LogP contribution in [0, 0.1) is 0 Å². The van der Waals surface area contributed by atoms with Crippen LogP contribution in [0.25, 0.3) is 0 Å². The highest BCUT2D eigenvalue weighted by Crippen LogP contribution is 1.93. The predicted molar refractivity (Wildman–Crippen MR) is 60.4 cm³/mol. The second kappa shape index (κ2) is 9.71. The number of amides is 1. The van der Waals surface area contributed by atoms with E-state index in [9.17, 15) is 4.79 Å². The summed E-state index contributed by atoms with van der Waals surface area (Å²) in [4.78, 5) is 23.2. The molecular weight excluding hydrogens is 214 g/mol. The van der Waals surface area contributed by atoms with Gasteiger partial charge in [-0.2, -0.15) is 0 Å². The maximum absolute atomic E-state index is 10.4. The monoisotopic (exact) mass is 233 g/mol. The van der Waals surface area contributed by atoms with Gasteiger partial charge in [0.1, 0.15) is 0 Å². The molecule has 8 nitrogen and oxygen atoms in total. The smallest absolute Gasteiger partial charge is 0.300 e. The van der Waals surface area contributed by atoms with E-state index >= 15 is 0 Å². The Morgan fingerprint density at radius 1 is 1.31 bits per heavy atom. The molecule has 0 spiro atoms. The van der Waals surface area contributed by atoms with Crippen molar-refractivity contribution in [3.8, 4) is 0 Å². The molecule has 1 amide bonds. The number of hydrogen-bond donors (Lipinski definition) is 5. The lowest BCUT2D eigenvalue weighted by Gasteiger charge is -2.04. The first-order valence-corrected chi connectivity index (χ1v) is 4.57. The first-order valence-electron chi connectivity index (χ1n) is 4.57. The van der Waals surface area contributed by atoms with Gasteiger partial charge in [0, 0.05) is 13.5 Å². The van der Waals surface area contributed by atoms with Gasteiger partial charge in [0.25, 0.3) is 5.97 Å². The summed E-state index contributed by atoms with van der Waals surface area (Å²) in [7, 11) is 0. The number of primary amides is 1. The molecule has 0 aromatic rings. The van der Waals surface area contributed by atoms with Gasteiger partial charge >= 0.3 is 0 Å². The van der Waals surface area contributed by atoms with E-state index in [1.54, 1.807) is 0 Å². The van der Waals surface area contributed by atoms with Crippen LogP contribution in [0.1, 0.15) is 19.8 Å². The van der Waals surface area contributed by atoms with Gasteiger partial charge in [0.05, 0.1) is 6.04 Å². The highest BCUT2D eigenvalue weighted by atomic mass is 16.4. The van der Waals surface area contributed by atoms with Gasteiger partial charge in [-0.05, 0) is 12.8 Å². The number of hydrogen-bond acceptors (Lipinski definition) is 4. The van der Waals surface area contributed by atoms with Crippen molar-refractivity contribution in [3.63, 3.8) is 0 Å². The lowest BCUT2D eigenvalue weighted by molar-refractivity contribution is -0.134. The molecule has 0 saturated carbocycles. The van der Waals surface area contributed by atoms with E-state index in [0.29, 0.717) is 19.4 Å². The molecule has 0 radical (unpaired) electrons. The van der Waals surface area contributed by atoms with Crippen molar-refractivity contribution < 1.29 is 14.7 Å². The normalized spacial score (nSPS) is 10.6. The van der Waals surface area contributed by atoms with E-state index in [1.807, 2.05) is 0 Å². The molecule has 0 fully saturated rings. The third-order valence-corrected chi connectivity index (χ3v) is 1.33. The number of guanidine groups is 1. The molecule has 1 atom stereocenters. The third-order valence-electron chi connectivity index (χ3n) is 1.33. The summed E-state index contributed by atoms with van der Waals surface area (Å²) in [6, 6.07) is -0.598. The lowest BCUT2D eigenvalue weighted by Crippen LogP contribution is -2.36. The second-order valence-corrected chi connectivity index (χ2v) is 2.98. The number of rotatable bonds is 5. The van der Waals surface area contributed by atoms with Crippen LogP contribution in [0.5, 0.6) is 0 Å². The lowest BCUT2D eigenvalue weighted by atomic mass is 10.1. The summed E-state index contributed by atoms with van der Waals surface area (Å²) >= 11 is 0. The largest absolute Gasteiger partial charge is 0.481 e. The molecule has 0 aromatic heterocycles. The zero-order valence-corrected chi connectivity index (χ0v) is 9.22. The zero-order chi connectivity index (χ0) is 13.1. The average molecular weight is 233 g/mol. The number of carbonyl (C=O) groups is 2. The zero-order valence-electron chi connectivity index (χ0n) is 9.22. The van der Waals surface area contributed by atoms with Crippen molar-refractivity contribution in [1.29, 1.82) is 0 Å². The third kappa shape index (κ3) is 18.1. The van der Waals surface area contributed by atoms with Crippen LogP contribution in [-0.4, -0.2) is 35.5 Å². The summed E-state index contributed by atoms with van der Waals surface area (Å²) in [5, 5.41) is 7.42. The van der Waals surface area contributed by atoms with Gasteiger partial charge in [-0.1, -0.05) is 0 Å². The van der Waals surface area contributed by atoms with Crippen LogP contribution in [-0.2, 0) is 9.59 Å². The number of nitrogens with zero attached hydrogens (tertiary/aromatic N) is 1. The second-order valence-electron chi connectivity index (χ2n) is 2.98. The van der Waals surface area contributed by atoms with E-state index in [0.717, 1.165) is 6.92 Å². The molecule has 16 heavy (non-hydrogen) atoms. The molecule has 0 aliphatic rings. The molecule has 0 bridgehead atoms. The Hall–Kier alpha value is -1.83. The number of carboxylic acid groups (broad SMARTS) is 1. The van der Waals surface area contributed by atoms with Gasteiger partial charge in [-0.3, -0.25) is 14.6 Å². The van der Waals surface area contributed by atoms with Gasteiger partial charge < -0.3 is 28.0 Å². The standard InChI is InChI=1S/C6H15N5O.C2H4O2/c7-4(5(8)12)2-1-3-11-6(9)10;1-2(3)4/h4H,1-3,7H2,(H2,8,12)(H4,9,10,11);1H3,(H,3,4)/t4-;/m0./s1. The highest BCUT2D eigenvalue weighted by molar-refractivity contribution is 5.79. The molecule has 8 heteroatoms. The Morgan fingerprint density at radius 2 is 1.75 bits per heavy atom. The summed E-state index contributed by atoms with van der Waals surface area (Å²) in [6.45, 7) is 1.56. The molecule has 0 aliphatic carbocycles. The van der Waals surface area contributed by atoms with E-state index in [2.05, 4.69) is 4.99 Å². The van der Waals surface area contributed by atoms with E-state index in [1.165, 1.54) is 0 Å². The number of carbonyl (C=O) groups excluding carboxylic acids is 1. The van der Waals surface area contributed by atoms with E-state index < -0.39 is 17.9 Å². The summed E-state index contributed by atoms with van der Waals surface area (Å²) in [5.74, 6) is -1.29. The summed E-state index contributed by atoms with van der Waals surface area (Å²) in [5.41, 5.74) is 20.4. The Labute approximate surface area is 93.7 Å². The van der Waals surface area contributed by atoms with Gasteiger partial charge in [0.15, 0.2) is 5.96 Å². The van der Waals surface area contributed by atoms with Crippen molar-refractivity contribution in [3.05, 3.63) is 0 Å². The summed E-state index contributed by atoms with van der Waals surface area (Å²) < 4.78 is 0. The molecule has 9 N–H and O–H groups in total. The highest BCUT2D eigenvalue weighted by Gasteiger charge is 2.07. The van der Waals surface area contributed by atoms with Gasteiger partial charge in [-0.15, -0.1) is 0 Å². The number of nitrogens with two attached hydrogens (primary N) is 4. The molecule has 0 unspecified atom stereocenters. The number of carboxylic acids is 1. The molecule has 0 aromatic carbocycles. The SMILES string of the molecule is CC(=O)O.NC(=O)[C@@H](N)CCCN=C(N)N. The van der Waals surface area contributed by atoms with Crippen LogP contribution >= 0.6 is 0 Å². The van der Waals surface area contributed by atoms with Crippen LogP contribution < -0.4 is 22.9 Å². The first-order chi connectivity index (χ1) is 7.27. The van der Waals surface area contributed by atoms with Gasteiger partial charge in [-0.25, -0.2) is 0 Å². The van der Waals surface area contributed by atoms with Crippen LogP contribution in [0.4, 0.5) is 0 Å². The minimum atomic E-state index is -0.833. The van der Waals surface area contributed by atoms with Crippen molar-refractivity contribution in [1.82, 2.24) is 0 Å². The van der Waals surface area contributed by atoms with Crippen LogP contribution in [0.3, 0.4) is 0 Å². The maximum Gasteiger partial charge on any atom is 0.300 e. The molecule has 0 rings (SSSR count). The van der Waals surface area contributed by atoms with Crippen LogP contribution in [0.15, 0.2) is 4.99 Å². The minimum Gasteiger partial charge on any atom is -0.481 e. The minimum absolute atomic E-state index is 0.0441. The molecule has 0 aliphatic heterocycles. The molecule has 94 valence electrons. The Kier molecular flexibility index (Phi) is 10.1. The molecule has 0 saturated heterocycles. The van der Waals surface area contributed by atoms with E-state index in [-0.39, 0.29) is 5.96 Å². The fourth-order valence-electron chi connectivity index (χ4n) is 0.662. The number of aliphatic carboxylic acids is 1. The summed E-state index contributed by atoms with van der Waals surface area (Å²) in [6.07, 6.45) is 1.16. The van der Waals surface area contributed by atoms with Crippen molar-refractivity contribution in [2.24, 2.45) is 27.9 Å². The molecular formula is C8H19N5O3. The average Bonchev–Trinajstić information content (AvgIpc) is 2.10. The Balaban J connectivity index is 0. The predicted octanol–water partition coefficient (Wildman–Crippen LogP) is -2.06. The van der Waals surface area contributed by atoms with E-state index in [4.69, 9.17) is 32.8 Å². The quantitative estimate of drug-likeness (QED) is 0.207. The van der Waals surface area contributed by atoms with Gasteiger partial charge in [0.2, 0.25) is 5.91 Å². The number of aliphatic imine (C=N–C) groups is 1. The fraction of sp³-hybridized carbons (Fsp3) is 0.625. The Morgan fingerprint density at radius 3 is 2.06 bits per heavy atom. The van der Waals surface area contributed by atoms with Crippen molar-refractivity contribution in [2.75, 3.05) is 6.54 Å². The molecule has 0 heterocycles. The topological polar surface area (TPSA) is 171 Å². The van der Waals surface area contributed by atoms with Crippen molar-refractivity contribution >= 4 is 17.8 Å². The maximum atomic E-state index is 10.4. The fourth-order valence-corrected chi connectivity index (χ4v) is 0.662. The van der Waals surface area contributed by atoms with Crippen molar-refractivity contribution in [2.45, 2.75) is 25.8 Å². The Bertz CT molecular complexity index is 246. The van der Waals surface area contributed by atoms with Crippen LogP contribution in [0.2, 0.25) is 0 Å².